The normalized spacial score (nSPS) is 13.2. The summed E-state index contributed by atoms with van der Waals surface area (Å²) in [7, 11) is -3.58. The summed E-state index contributed by atoms with van der Waals surface area (Å²) in [6.45, 7) is 6.53. The number of aliphatic carboxylic acids is 1. The molecule has 0 aliphatic rings. The van der Waals surface area contributed by atoms with Gasteiger partial charge < -0.3 is 14.2 Å². The molecule has 0 aromatic carbocycles. The highest BCUT2D eigenvalue weighted by atomic mass is 31.2. The summed E-state index contributed by atoms with van der Waals surface area (Å²) >= 11 is 0. The Morgan fingerprint density at radius 1 is 0.909 bits per heavy atom. The van der Waals surface area contributed by atoms with Gasteiger partial charge in [-0.25, -0.2) is 0 Å². The van der Waals surface area contributed by atoms with Gasteiger partial charge in [-0.2, -0.15) is 0 Å². The fraction of sp³-hybridized carbons (Fsp3) is 0.938. The summed E-state index contributed by atoms with van der Waals surface area (Å²) in [5.74, 6) is -1.10. The molecule has 0 aromatic rings. The Balaban J connectivity index is 4.47. The highest BCUT2D eigenvalue weighted by Gasteiger charge is 2.40. The summed E-state index contributed by atoms with van der Waals surface area (Å²) < 4.78 is 23.7. The van der Waals surface area contributed by atoms with E-state index in [-0.39, 0.29) is 6.42 Å². The van der Waals surface area contributed by atoms with Gasteiger partial charge in [-0.15, -0.1) is 0 Å². The third-order valence-corrected chi connectivity index (χ3v) is 6.03. The smallest absolute Gasteiger partial charge is 0.344 e. The predicted octanol–water partition coefficient (Wildman–Crippen LogP) is 5.24. The van der Waals surface area contributed by atoms with Crippen molar-refractivity contribution < 1.29 is 23.5 Å². The van der Waals surface area contributed by atoms with Gasteiger partial charge in [-0.1, -0.05) is 59.3 Å². The van der Waals surface area contributed by atoms with Crippen LogP contribution >= 0.6 is 7.60 Å². The van der Waals surface area contributed by atoms with Crippen LogP contribution in [-0.4, -0.2) is 29.9 Å². The van der Waals surface area contributed by atoms with E-state index >= 15 is 0 Å². The Hall–Kier alpha value is -0.380. The standard InChI is InChI=1S/C16H33O5P/c1-4-7-9-11-13-20-22(19,15(6-3)16(17)18)21-14-12-10-8-5-2/h15H,4-14H2,1-3H3,(H,17,18). The van der Waals surface area contributed by atoms with E-state index in [2.05, 4.69) is 13.8 Å². The van der Waals surface area contributed by atoms with Crippen molar-refractivity contribution in [1.29, 1.82) is 0 Å². The van der Waals surface area contributed by atoms with Crippen LogP contribution in [0, 0.1) is 0 Å². The van der Waals surface area contributed by atoms with E-state index in [1.807, 2.05) is 0 Å². The van der Waals surface area contributed by atoms with Gasteiger partial charge in [0, 0.05) is 0 Å². The molecule has 0 amide bonds. The van der Waals surface area contributed by atoms with Gasteiger partial charge in [0.05, 0.1) is 13.2 Å². The minimum Gasteiger partial charge on any atom is -0.481 e. The molecule has 132 valence electrons. The molecule has 0 saturated carbocycles. The molecule has 22 heavy (non-hydrogen) atoms. The number of rotatable bonds is 15. The van der Waals surface area contributed by atoms with E-state index in [4.69, 9.17) is 9.05 Å². The zero-order chi connectivity index (χ0) is 16.8. The Labute approximate surface area is 135 Å². The lowest BCUT2D eigenvalue weighted by Crippen LogP contribution is -2.22. The van der Waals surface area contributed by atoms with Crippen LogP contribution in [-0.2, 0) is 18.4 Å². The van der Waals surface area contributed by atoms with Gasteiger partial charge in [0.25, 0.3) is 0 Å². The molecule has 0 radical (unpaired) electrons. The largest absolute Gasteiger partial charge is 0.481 e. The molecule has 0 bridgehead atoms. The molecular formula is C16H33O5P. The molecule has 1 unspecified atom stereocenters. The van der Waals surface area contributed by atoms with Gasteiger partial charge in [-0.3, -0.25) is 9.36 Å². The molecule has 0 rings (SSSR count). The van der Waals surface area contributed by atoms with Crippen molar-refractivity contribution in [3.05, 3.63) is 0 Å². The molecule has 0 aromatic heterocycles. The summed E-state index contributed by atoms with van der Waals surface area (Å²) in [6, 6.07) is 0. The number of hydrogen-bond donors (Lipinski definition) is 1. The van der Waals surface area contributed by atoms with Crippen LogP contribution in [0.2, 0.25) is 0 Å². The van der Waals surface area contributed by atoms with Gasteiger partial charge in [0.15, 0.2) is 5.66 Å². The first-order valence-electron chi connectivity index (χ1n) is 8.63. The maximum atomic E-state index is 12.8. The number of carbonyl (C=O) groups is 1. The van der Waals surface area contributed by atoms with Crippen molar-refractivity contribution >= 4 is 13.6 Å². The van der Waals surface area contributed by atoms with Gasteiger partial charge in [0.2, 0.25) is 0 Å². The highest BCUT2D eigenvalue weighted by Crippen LogP contribution is 2.54. The van der Waals surface area contributed by atoms with Crippen LogP contribution in [0.4, 0.5) is 0 Å². The number of unbranched alkanes of at least 4 members (excludes halogenated alkanes) is 6. The minimum atomic E-state index is -3.58. The third-order valence-electron chi connectivity index (χ3n) is 3.59. The molecule has 5 nitrogen and oxygen atoms in total. The lowest BCUT2D eigenvalue weighted by atomic mass is 10.2. The summed E-state index contributed by atoms with van der Waals surface area (Å²) in [4.78, 5) is 11.3. The average molecular weight is 336 g/mol. The Bertz CT molecular complexity index is 314. The van der Waals surface area contributed by atoms with Crippen molar-refractivity contribution in [2.45, 2.75) is 84.2 Å². The topological polar surface area (TPSA) is 72.8 Å². The summed E-state index contributed by atoms with van der Waals surface area (Å²) in [5.41, 5.74) is -1.06. The van der Waals surface area contributed by atoms with Crippen LogP contribution in [0.5, 0.6) is 0 Å². The number of carboxylic acid groups (broad SMARTS) is 1. The maximum Gasteiger partial charge on any atom is 0.344 e. The molecule has 0 aliphatic heterocycles. The molecule has 1 N–H and O–H groups in total. The van der Waals surface area contributed by atoms with Crippen LogP contribution in [0.15, 0.2) is 0 Å². The second kappa shape index (κ2) is 13.1. The van der Waals surface area contributed by atoms with Crippen molar-refractivity contribution in [1.82, 2.24) is 0 Å². The van der Waals surface area contributed by atoms with Crippen molar-refractivity contribution in [2.24, 2.45) is 0 Å². The number of carboxylic acids is 1. The fourth-order valence-corrected chi connectivity index (χ4v) is 4.11. The van der Waals surface area contributed by atoms with E-state index in [0.717, 1.165) is 51.4 Å². The van der Waals surface area contributed by atoms with Crippen LogP contribution in [0.25, 0.3) is 0 Å². The molecule has 0 spiro atoms. The molecule has 0 aliphatic carbocycles. The number of hydrogen-bond acceptors (Lipinski definition) is 4. The highest BCUT2D eigenvalue weighted by molar-refractivity contribution is 7.55. The molecule has 0 heterocycles. The second-order valence-electron chi connectivity index (χ2n) is 5.59. The minimum absolute atomic E-state index is 0.247. The van der Waals surface area contributed by atoms with Crippen molar-refractivity contribution in [3.8, 4) is 0 Å². The van der Waals surface area contributed by atoms with Crippen molar-refractivity contribution in [2.75, 3.05) is 13.2 Å². The molecular weight excluding hydrogens is 303 g/mol. The first-order chi connectivity index (χ1) is 10.5. The SMILES string of the molecule is CCCCCCOP(=O)(OCCCCCC)C(CC)C(=O)O. The lowest BCUT2D eigenvalue weighted by Gasteiger charge is -2.23. The first kappa shape index (κ1) is 21.6. The van der Waals surface area contributed by atoms with Crippen LogP contribution < -0.4 is 0 Å². The quantitative estimate of drug-likeness (QED) is 0.327. The van der Waals surface area contributed by atoms with Gasteiger partial charge in [-0.05, 0) is 19.3 Å². The van der Waals surface area contributed by atoms with Crippen LogP contribution in [0.3, 0.4) is 0 Å². The summed E-state index contributed by atoms with van der Waals surface area (Å²) in [5, 5.41) is 9.26. The van der Waals surface area contributed by atoms with Gasteiger partial charge >= 0.3 is 13.6 Å². The fourth-order valence-electron chi connectivity index (χ4n) is 2.19. The average Bonchev–Trinajstić information content (AvgIpc) is 2.47. The summed E-state index contributed by atoms with van der Waals surface area (Å²) in [6.07, 6.45) is 8.23. The molecule has 0 saturated heterocycles. The Kier molecular flexibility index (Phi) is 12.9. The zero-order valence-electron chi connectivity index (χ0n) is 14.4. The Morgan fingerprint density at radius 3 is 1.68 bits per heavy atom. The maximum absolute atomic E-state index is 12.8. The molecule has 0 fully saturated rings. The van der Waals surface area contributed by atoms with Crippen LogP contribution in [0.1, 0.15) is 78.6 Å². The first-order valence-corrected chi connectivity index (χ1v) is 10.2. The molecule has 1 atom stereocenters. The van der Waals surface area contributed by atoms with Crippen molar-refractivity contribution in [3.63, 3.8) is 0 Å². The molecule has 6 heteroatoms. The Morgan fingerprint density at radius 2 is 1.36 bits per heavy atom. The van der Waals surface area contributed by atoms with E-state index in [0.29, 0.717) is 13.2 Å². The van der Waals surface area contributed by atoms with E-state index in [9.17, 15) is 14.5 Å². The predicted molar refractivity (Wildman–Crippen MR) is 89.5 cm³/mol. The van der Waals surface area contributed by atoms with E-state index in [1.54, 1.807) is 6.92 Å². The van der Waals surface area contributed by atoms with E-state index in [1.165, 1.54) is 0 Å². The van der Waals surface area contributed by atoms with Gasteiger partial charge in [0.1, 0.15) is 0 Å². The lowest BCUT2D eigenvalue weighted by molar-refractivity contribution is -0.137. The zero-order valence-corrected chi connectivity index (χ0v) is 15.3. The van der Waals surface area contributed by atoms with E-state index < -0.39 is 19.2 Å². The third kappa shape index (κ3) is 8.92. The monoisotopic (exact) mass is 336 g/mol. The second-order valence-corrected chi connectivity index (χ2v) is 7.81.